The van der Waals surface area contributed by atoms with E-state index in [4.69, 9.17) is 4.74 Å². The van der Waals surface area contributed by atoms with Crippen LogP contribution < -0.4 is 10.2 Å². The zero-order chi connectivity index (χ0) is 21.7. The lowest BCUT2D eigenvalue weighted by Crippen LogP contribution is -2.42. The van der Waals surface area contributed by atoms with Crippen molar-refractivity contribution in [3.05, 3.63) is 53.0 Å². The number of hydrogen-bond donors (Lipinski definition) is 1. The van der Waals surface area contributed by atoms with E-state index in [1.165, 1.54) is 6.33 Å². The van der Waals surface area contributed by atoms with E-state index in [2.05, 4.69) is 22.3 Å². The summed E-state index contributed by atoms with van der Waals surface area (Å²) in [6.07, 6.45) is 3.36. The highest BCUT2D eigenvalue weighted by Crippen LogP contribution is 2.38. The first-order valence-electron chi connectivity index (χ1n) is 10.4. The van der Waals surface area contributed by atoms with Crippen LogP contribution >= 0.6 is 0 Å². The van der Waals surface area contributed by atoms with Crippen molar-refractivity contribution in [2.45, 2.75) is 46.6 Å². The van der Waals surface area contributed by atoms with E-state index in [-0.39, 0.29) is 19.1 Å². The van der Waals surface area contributed by atoms with Gasteiger partial charge in [0.25, 0.3) is 0 Å². The maximum Gasteiger partial charge on any atom is 0.338 e. The Labute approximate surface area is 176 Å². The zero-order valence-electron chi connectivity index (χ0n) is 18.0. The van der Waals surface area contributed by atoms with Crippen LogP contribution in [0.15, 0.2) is 41.9 Å². The second kappa shape index (κ2) is 9.56. The molecule has 1 amide bonds. The lowest BCUT2D eigenvalue weighted by molar-refractivity contribution is -0.139. The molecule has 8 heteroatoms. The molecule has 1 aliphatic rings. The minimum absolute atomic E-state index is 0.0533. The Hall–Kier alpha value is -3.16. The second-order valence-corrected chi connectivity index (χ2v) is 7.33. The monoisotopic (exact) mass is 411 g/mol. The normalized spacial score (nSPS) is 15.7. The molecule has 2 aromatic rings. The van der Waals surface area contributed by atoms with Gasteiger partial charge < -0.3 is 15.0 Å². The topological polar surface area (TPSA) is 89.4 Å². The number of unbranched alkanes of at least 4 members (excludes halogenated alkanes) is 1. The van der Waals surface area contributed by atoms with E-state index in [1.807, 2.05) is 38.1 Å². The van der Waals surface area contributed by atoms with Gasteiger partial charge in [-0.15, -0.1) is 0 Å². The zero-order valence-corrected chi connectivity index (χ0v) is 18.0. The molecule has 0 fully saturated rings. The van der Waals surface area contributed by atoms with Crippen molar-refractivity contribution >= 4 is 17.8 Å². The molecule has 1 aromatic carbocycles. The molecule has 0 saturated carbocycles. The molecule has 0 aliphatic carbocycles. The van der Waals surface area contributed by atoms with Gasteiger partial charge in [0, 0.05) is 12.2 Å². The molecular formula is C22H29N5O3. The van der Waals surface area contributed by atoms with Gasteiger partial charge in [-0.3, -0.25) is 4.79 Å². The van der Waals surface area contributed by atoms with Crippen molar-refractivity contribution in [2.75, 3.05) is 24.6 Å². The number of fused-ring (bicyclic) bond motifs is 1. The molecule has 30 heavy (non-hydrogen) atoms. The van der Waals surface area contributed by atoms with Crippen LogP contribution in [0.1, 0.15) is 50.8 Å². The molecule has 8 nitrogen and oxygen atoms in total. The number of aryl methyl sites for hydroxylation is 1. The van der Waals surface area contributed by atoms with Crippen LogP contribution in [0.5, 0.6) is 0 Å². The first-order valence-corrected chi connectivity index (χ1v) is 10.4. The summed E-state index contributed by atoms with van der Waals surface area (Å²) in [4.78, 5) is 31.6. The Morgan fingerprint density at radius 3 is 2.57 bits per heavy atom. The number of esters is 1. The number of rotatable bonds is 8. The Morgan fingerprint density at radius 2 is 1.90 bits per heavy atom. The standard InChI is InChI=1S/C22H29N5O3/c1-5-7-12-23-18(28)13-26-16(4)19(21(29)30-6-2)20(27-22(26)24-14-25-27)17-10-8-15(3)9-11-17/h8-11,14,20H,5-7,12-13H2,1-4H3,(H,23,28). The van der Waals surface area contributed by atoms with Gasteiger partial charge in [0.05, 0.1) is 12.2 Å². The number of amides is 1. The average molecular weight is 412 g/mol. The van der Waals surface area contributed by atoms with Gasteiger partial charge >= 0.3 is 5.97 Å². The SMILES string of the molecule is CCCCNC(=O)CN1C(C)=C(C(=O)OCC)C(c2ccc(C)cc2)n2ncnc21. The number of anilines is 1. The van der Waals surface area contributed by atoms with E-state index in [1.54, 1.807) is 16.5 Å². The maximum atomic E-state index is 13.0. The van der Waals surface area contributed by atoms with Gasteiger partial charge in [-0.2, -0.15) is 10.1 Å². The van der Waals surface area contributed by atoms with E-state index in [0.717, 1.165) is 24.0 Å². The number of nitrogens with zero attached hydrogens (tertiary/aromatic N) is 4. The molecule has 2 heterocycles. The molecular weight excluding hydrogens is 382 g/mol. The predicted octanol–water partition coefficient (Wildman–Crippen LogP) is 2.75. The third-order valence-corrected chi connectivity index (χ3v) is 5.15. The molecule has 0 radical (unpaired) electrons. The summed E-state index contributed by atoms with van der Waals surface area (Å²) in [5.74, 6) is -0.0239. The van der Waals surface area contributed by atoms with E-state index >= 15 is 0 Å². The minimum atomic E-state index is -0.471. The largest absolute Gasteiger partial charge is 0.463 e. The molecule has 1 aliphatic heterocycles. The number of aromatic nitrogens is 3. The first-order chi connectivity index (χ1) is 14.5. The van der Waals surface area contributed by atoms with Gasteiger partial charge in [-0.25, -0.2) is 9.48 Å². The fraction of sp³-hybridized carbons (Fsp3) is 0.455. The first kappa shape index (κ1) is 21.5. The van der Waals surface area contributed by atoms with E-state index in [0.29, 0.717) is 23.8 Å². The van der Waals surface area contributed by atoms with Crippen molar-refractivity contribution in [3.8, 4) is 0 Å². The third kappa shape index (κ3) is 4.37. The number of benzene rings is 1. The minimum Gasteiger partial charge on any atom is -0.463 e. The number of hydrogen-bond acceptors (Lipinski definition) is 6. The molecule has 1 atom stereocenters. The highest BCUT2D eigenvalue weighted by atomic mass is 16.5. The van der Waals surface area contributed by atoms with Gasteiger partial charge in [-0.1, -0.05) is 43.2 Å². The van der Waals surface area contributed by atoms with Gasteiger partial charge in [0.15, 0.2) is 0 Å². The van der Waals surface area contributed by atoms with Crippen LogP contribution in [0.4, 0.5) is 5.95 Å². The number of carbonyl (C=O) groups excluding carboxylic acids is 2. The van der Waals surface area contributed by atoms with Gasteiger partial charge in [-0.05, 0) is 32.8 Å². The number of carbonyl (C=O) groups is 2. The van der Waals surface area contributed by atoms with Crippen LogP contribution in [0.2, 0.25) is 0 Å². The van der Waals surface area contributed by atoms with Crippen molar-refractivity contribution in [1.29, 1.82) is 0 Å². The Morgan fingerprint density at radius 1 is 1.17 bits per heavy atom. The molecule has 0 bridgehead atoms. The molecule has 1 aromatic heterocycles. The molecule has 160 valence electrons. The molecule has 1 unspecified atom stereocenters. The van der Waals surface area contributed by atoms with Gasteiger partial charge in [0.1, 0.15) is 18.9 Å². The van der Waals surface area contributed by atoms with E-state index < -0.39 is 12.0 Å². The van der Waals surface area contributed by atoms with Crippen LogP contribution in [0, 0.1) is 6.92 Å². The summed E-state index contributed by atoms with van der Waals surface area (Å²) < 4.78 is 7.05. The summed E-state index contributed by atoms with van der Waals surface area (Å²) in [5.41, 5.74) is 3.13. The summed E-state index contributed by atoms with van der Waals surface area (Å²) in [6.45, 7) is 8.62. The van der Waals surface area contributed by atoms with Crippen LogP contribution in [0.3, 0.4) is 0 Å². The summed E-state index contributed by atoms with van der Waals surface area (Å²) in [6, 6.07) is 7.48. The third-order valence-electron chi connectivity index (χ3n) is 5.15. The van der Waals surface area contributed by atoms with Crippen molar-refractivity contribution in [2.24, 2.45) is 0 Å². The van der Waals surface area contributed by atoms with Crippen molar-refractivity contribution in [1.82, 2.24) is 20.1 Å². The fourth-order valence-corrected chi connectivity index (χ4v) is 3.55. The Bertz CT molecular complexity index is 933. The van der Waals surface area contributed by atoms with Crippen molar-refractivity contribution < 1.29 is 14.3 Å². The Balaban J connectivity index is 2.03. The predicted molar refractivity (Wildman–Crippen MR) is 114 cm³/mol. The van der Waals surface area contributed by atoms with Crippen molar-refractivity contribution in [3.63, 3.8) is 0 Å². The smallest absolute Gasteiger partial charge is 0.338 e. The summed E-state index contributed by atoms with van der Waals surface area (Å²) in [7, 11) is 0. The molecule has 0 spiro atoms. The molecule has 0 saturated heterocycles. The van der Waals surface area contributed by atoms with Crippen LogP contribution in [0.25, 0.3) is 0 Å². The second-order valence-electron chi connectivity index (χ2n) is 7.33. The fourth-order valence-electron chi connectivity index (χ4n) is 3.55. The summed E-state index contributed by atoms with van der Waals surface area (Å²) >= 11 is 0. The average Bonchev–Trinajstić information content (AvgIpc) is 3.20. The number of nitrogens with one attached hydrogen (secondary N) is 1. The maximum absolute atomic E-state index is 13.0. The summed E-state index contributed by atoms with van der Waals surface area (Å²) in [5, 5.41) is 7.30. The Kier molecular flexibility index (Phi) is 6.87. The lowest BCUT2D eigenvalue weighted by Gasteiger charge is -2.35. The number of allylic oxidation sites excluding steroid dienone is 1. The quantitative estimate of drug-likeness (QED) is 0.531. The number of ether oxygens (including phenoxy) is 1. The molecule has 1 N–H and O–H groups in total. The lowest BCUT2D eigenvalue weighted by atomic mass is 9.94. The van der Waals surface area contributed by atoms with Crippen LogP contribution in [-0.2, 0) is 14.3 Å². The van der Waals surface area contributed by atoms with Gasteiger partial charge in [0.2, 0.25) is 11.9 Å². The highest BCUT2D eigenvalue weighted by molar-refractivity contribution is 5.93. The van der Waals surface area contributed by atoms with Crippen LogP contribution in [-0.4, -0.2) is 46.3 Å². The molecule has 3 rings (SSSR count). The van der Waals surface area contributed by atoms with E-state index in [9.17, 15) is 9.59 Å². The highest BCUT2D eigenvalue weighted by Gasteiger charge is 2.38.